The fourth-order valence-electron chi connectivity index (χ4n) is 2.47. The quantitative estimate of drug-likeness (QED) is 0.396. The summed E-state index contributed by atoms with van der Waals surface area (Å²) >= 11 is 0. The molecular weight excluding hydrogens is 384 g/mol. The summed E-state index contributed by atoms with van der Waals surface area (Å²) in [7, 11) is 0. The summed E-state index contributed by atoms with van der Waals surface area (Å²) in [6.45, 7) is 4.35. The van der Waals surface area contributed by atoms with Crippen LogP contribution >= 0.6 is 0 Å². The van der Waals surface area contributed by atoms with E-state index in [-0.39, 0.29) is 19.8 Å². The van der Waals surface area contributed by atoms with Crippen LogP contribution < -0.4 is 0 Å². The maximum atomic E-state index is 11.6. The first-order chi connectivity index (χ1) is 13.7. The SMILES string of the molecule is CC(=O)OC[C@@H](OC(C)=O)[C@@H](OC(C)=O)[C@H](COCc1ccccc1)OC(C)=O. The maximum absolute atomic E-state index is 11.6. The Morgan fingerprint density at radius 2 is 1.24 bits per heavy atom. The number of hydrogen-bond donors (Lipinski definition) is 0. The van der Waals surface area contributed by atoms with Crippen molar-refractivity contribution in [1.29, 1.82) is 0 Å². The zero-order valence-electron chi connectivity index (χ0n) is 16.9. The van der Waals surface area contributed by atoms with Gasteiger partial charge in [-0.3, -0.25) is 19.2 Å². The molecule has 0 spiro atoms. The van der Waals surface area contributed by atoms with Crippen LogP contribution in [0.4, 0.5) is 0 Å². The third-order valence-electron chi connectivity index (χ3n) is 3.51. The minimum atomic E-state index is -1.24. The molecule has 9 nitrogen and oxygen atoms in total. The van der Waals surface area contributed by atoms with E-state index >= 15 is 0 Å². The lowest BCUT2D eigenvalue weighted by Gasteiger charge is -2.31. The summed E-state index contributed by atoms with van der Waals surface area (Å²) in [6.07, 6.45) is -3.53. The monoisotopic (exact) mass is 410 g/mol. The van der Waals surface area contributed by atoms with Crippen molar-refractivity contribution in [2.75, 3.05) is 13.2 Å². The Labute approximate surface area is 169 Å². The standard InChI is InChI=1S/C20H26O9/c1-13(21)26-12-19(28-15(3)23)20(29-16(4)24)18(27-14(2)22)11-25-10-17-8-6-5-7-9-17/h5-9,18-20H,10-12H2,1-4H3/t18-,19+,20-/m0/s1. The van der Waals surface area contributed by atoms with E-state index in [9.17, 15) is 19.2 Å². The lowest BCUT2D eigenvalue weighted by molar-refractivity contribution is -0.193. The molecule has 0 unspecified atom stereocenters. The number of esters is 4. The third-order valence-corrected chi connectivity index (χ3v) is 3.51. The largest absolute Gasteiger partial charge is 0.462 e. The predicted molar refractivity (Wildman–Crippen MR) is 99.4 cm³/mol. The van der Waals surface area contributed by atoms with Crippen molar-refractivity contribution in [2.45, 2.75) is 52.6 Å². The highest BCUT2D eigenvalue weighted by atomic mass is 16.6. The number of rotatable bonds is 11. The first kappa shape index (κ1) is 24.1. The van der Waals surface area contributed by atoms with Gasteiger partial charge in [-0.25, -0.2) is 0 Å². The van der Waals surface area contributed by atoms with Crippen molar-refractivity contribution in [2.24, 2.45) is 0 Å². The first-order valence-corrected chi connectivity index (χ1v) is 8.95. The van der Waals surface area contributed by atoms with Crippen LogP contribution in [-0.2, 0) is 49.5 Å². The molecule has 1 aromatic carbocycles. The number of carbonyl (C=O) groups excluding carboxylic acids is 4. The minimum absolute atomic E-state index is 0.149. The second-order valence-corrected chi connectivity index (χ2v) is 6.17. The van der Waals surface area contributed by atoms with Crippen LogP contribution in [0.1, 0.15) is 33.3 Å². The molecule has 0 bridgehead atoms. The Bertz CT molecular complexity index is 686. The molecule has 0 amide bonds. The second-order valence-electron chi connectivity index (χ2n) is 6.17. The molecule has 0 aliphatic rings. The van der Waals surface area contributed by atoms with Gasteiger partial charge in [0.25, 0.3) is 0 Å². The third kappa shape index (κ3) is 10.2. The van der Waals surface area contributed by atoms with Crippen molar-refractivity contribution in [3.05, 3.63) is 35.9 Å². The Balaban J connectivity index is 3.00. The normalized spacial score (nSPS) is 13.5. The van der Waals surface area contributed by atoms with Gasteiger partial charge in [-0.15, -0.1) is 0 Å². The van der Waals surface area contributed by atoms with Gasteiger partial charge in [0.1, 0.15) is 6.61 Å². The highest BCUT2D eigenvalue weighted by molar-refractivity contribution is 5.68. The molecule has 0 heterocycles. The lowest BCUT2D eigenvalue weighted by Crippen LogP contribution is -2.49. The molecule has 160 valence electrons. The number of ether oxygens (including phenoxy) is 5. The van der Waals surface area contributed by atoms with Crippen molar-refractivity contribution in [3.63, 3.8) is 0 Å². The fourth-order valence-corrected chi connectivity index (χ4v) is 2.47. The van der Waals surface area contributed by atoms with Gasteiger partial charge < -0.3 is 23.7 Å². The number of benzene rings is 1. The molecule has 1 aromatic rings. The zero-order valence-corrected chi connectivity index (χ0v) is 16.9. The summed E-state index contributed by atoms with van der Waals surface area (Å²) in [5.74, 6) is -2.65. The topological polar surface area (TPSA) is 114 Å². The second kappa shape index (κ2) is 12.5. The molecule has 1 rings (SSSR count). The zero-order chi connectivity index (χ0) is 21.8. The van der Waals surface area contributed by atoms with E-state index in [1.54, 1.807) is 0 Å². The number of hydrogen-bond acceptors (Lipinski definition) is 9. The smallest absolute Gasteiger partial charge is 0.303 e. The van der Waals surface area contributed by atoms with Gasteiger partial charge in [0.15, 0.2) is 18.3 Å². The molecule has 0 N–H and O–H groups in total. The van der Waals surface area contributed by atoms with E-state index in [1.807, 2.05) is 30.3 Å². The summed E-state index contributed by atoms with van der Waals surface area (Å²) in [5.41, 5.74) is 0.884. The Hall–Kier alpha value is -2.94. The van der Waals surface area contributed by atoms with Gasteiger partial charge in [-0.2, -0.15) is 0 Å². The van der Waals surface area contributed by atoms with E-state index < -0.39 is 42.2 Å². The van der Waals surface area contributed by atoms with Crippen LogP contribution in [-0.4, -0.2) is 55.4 Å². The van der Waals surface area contributed by atoms with Gasteiger partial charge in [0.2, 0.25) is 0 Å². The van der Waals surface area contributed by atoms with E-state index in [0.29, 0.717) is 0 Å². The summed E-state index contributed by atoms with van der Waals surface area (Å²) in [4.78, 5) is 45.9. The molecule has 0 radical (unpaired) electrons. The Kier molecular flexibility index (Phi) is 10.4. The van der Waals surface area contributed by atoms with Gasteiger partial charge >= 0.3 is 23.9 Å². The van der Waals surface area contributed by atoms with Crippen LogP contribution in [0.3, 0.4) is 0 Å². The molecule has 9 heteroatoms. The first-order valence-electron chi connectivity index (χ1n) is 8.95. The van der Waals surface area contributed by atoms with Crippen molar-refractivity contribution >= 4 is 23.9 Å². The molecule has 0 aliphatic carbocycles. The molecule has 0 aliphatic heterocycles. The lowest BCUT2D eigenvalue weighted by atomic mass is 10.1. The highest BCUT2D eigenvalue weighted by Crippen LogP contribution is 2.16. The molecule has 0 fully saturated rings. The van der Waals surface area contributed by atoms with E-state index in [1.165, 1.54) is 13.8 Å². The van der Waals surface area contributed by atoms with Gasteiger partial charge in [0, 0.05) is 27.7 Å². The van der Waals surface area contributed by atoms with E-state index in [4.69, 9.17) is 23.7 Å². The molecule has 29 heavy (non-hydrogen) atoms. The number of carbonyl (C=O) groups is 4. The van der Waals surface area contributed by atoms with Crippen molar-refractivity contribution in [1.82, 2.24) is 0 Å². The van der Waals surface area contributed by atoms with E-state index in [2.05, 4.69) is 0 Å². The van der Waals surface area contributed by atoms with Crippen LogP contribution in [0.25, 0.3) is 0 Å². The van der Waals surface area contributed by atoms with E-state index in [0.717, 1.165) is 19.4 Å². The Morgan fingerprint density at radius 3 is 1.72 bits per heavy atom. The molecular formula is C20H26O9. The Morgan fingerprint density at radius 1 is 0.724 bits per heavy atom. The molecule has 0 saturated heterocycles. The average molecular weight is 410 g/mol. The van der Waals surface area contributed by atoms with Gasteiger partial charge in [-0.1, -0.05) is 30.3 Å². The maximum Gasteiger partial charge on any atom is 0.303 e. The minimum Gasteiger partial charge on any atom is -0.462 e. The summed E-state index contributed by atoms with van der Waals surface area (Å²) in [6, 6.07) is 9.26. The molecule has 0 aromatic heterocycles. The van der Waals surface area contributed by atoms with Crippen LogP contribution in [0, 0.1) is 0 Å². The highest BCUT2D eigenvalue weighted by Gasteiger charge is 2.38. The molecule has 0 saturated carbocycles. The fraction of sp³-hybridized carbons (Fsp3) is 0.500. The van der Waals surface area contributed by atoms with Crippen molar-refractivity contribution < 1.29 is 42.9 Å². The van der Waals surface area contributed by atoms with Crippen molar-refractivity contribution in [3.8, 4) is 0 Å². The average Bonchev–Trinajstić information content (AvgIpc) is 2.62. The van der Waals surface area contributed by atoms with Crippen LogP contribution in [0.5, 0.6) is 0 Å². The summed E-state index contributed by atoms with van der Waals surface area (Å²) < 4.78 is 26.2. The summed E-state index contributed by atoms with van der Waals surface area (Å²) in [5, 5.41) is 0. The predicted octanol–water partition coefficient (Wildman–Crippen LogP) is 1.56. The van der Waals surface area contributed by atoms with Gasteiger partial charge in [0.05, 0.1) is 13.2 Å². The van der Waals surface area contributed by atoms with Crippen LogP contribution in [0.2, 0.25) is 0 Å². The van der Waals surface area contributed by atoms with Crippen LogP contribution in [0.15, 0.2) is 30.3 Å². The van der Waals surface area contributed by atoms with Gasteiger partial charge in [-0.05, 0) is 5.56 Å². The molecule has 3 atom stereocenters.